The molecule has 2 rings (SSSR count). The molecule has 0 unspecified atom stereocenters. The normalized spacial score (nSPS) is 14.1. The van der Waals surface area contributed by atoms with Gasteiger partial charge in [0.1, 0.15) is 24.2 Å². The number of likely N-dealkylation sites (N-methyl/N-ethyl adjacent to an activating group) is 1. The summed E-state index contributed by atoms with van der Waals surface area (Å²) in [6.45, 7) is -0.0488. The van der Waals surface area contributed by atoms with Gasteiger partial charge in [-0.3, -0.25) is 9.05 Å². The van der Waals surface area contributed by atoms with Gasteiger partial charge in [0, 0.05) is 12.4 Å². The minimum atomic E-state index is -4.70. The van der Waals surface area contributed by atoms with E-state index in [1.807, 2.05) is 61.5 Å². The monoisotopic (exact) mass is 503 g/mol. The zero-order valence-electron chi connectivity index (χ0n) is 19.2. The molecule has 184 valence electrons. The number of nitrogens with zero attached hydrogens (tertiary/aromatic N) is 1. The third-order valence-electron chi connectivity index (χ3n) is 4.62. The first-order chi connectivity index (χ1) is 15.8. The minimum absolute atomic E-state index is 0.00640. The van der Waals surface area contributed by atoms with Crippen molar-refractivity contribution in [3.05, 3.63) is 59.7 Å². The first-order valence-electron chi connectivity index (χ1n) is 10.6. The second kappa shape index (κ2) is 14.6. The largest absolute Gasteiger partial charge is 0.515 e. The van der Waals surface area contributed by atoms with Crippen molar-refractivity contribution in [2.45, 2.75) is 18.9 Å². The van der Waals surface area contributed by atoms with Gasteiger partial charge in [0.2, 0.25) is 0 Å². The maximum atomic E-state index is 13.7. The Bertz CT molecular complexity index is 888. The number of rotatable bonds is 16. The van der Waals surface area contributed by atoms with Crippen LogP contribution in [0.5, 0.6) is 11.5 Å². The van der Waals surface area contributed by atoms with Gasteiger partial charge in [0.05, 0.1) is 13.7 Å². The number of para-hydroxylation sites is 1. The van der Waals surface area contributed by atoms with E-state index in [1.54, 1.807) is 7.11 Å². The van der Waals surface area contributed by atoms with Crippen molar-refractivity contribution in [3.8, 4) is 11.5 Å². The molecule has 2 aromatic carbocycles. The molecule has 0 spiro atoms. The zero-order chi connectivity index (χ0) is 24.1. The summed E-state index contributed by atoms with van der Waals surface area (Å²) in [7, 11) is 0.706. The number of benzene rings is 2. The molecule has 33 heavy (non-hydrogen) atoms. The molecule has 0 amide bonds. The van der Waals surface area contributed by atoms with Crippen LogP contribution in [-0.2, 0) is 31.2 Å². The van der Waals surface area contributed by atoms with Crippen LogP contribution in [0.25, 0.3) is 0 Å². The van der Waals surface area contributed by atoms with E-state index in [4.69, 9.17) is 25.8 Å². The van der Waals surface area contributed by atoms with E-state index >= 15 is 0 Å². The van der Waals surface area contributed by atoms with Gasteiger partial charge in [-0.05, 0) is 56.3 Å². The molecule has 0 bridgehead atoms. The van der Waals surface area contributed by atoms with Crippen molar-refractivity contribution < 1.29 is 32.0 Å². The molecule has 0 saturated carbocycles. The molecule has 0 radical (unpaired) electrons. The Morgan fingerprint density at radius 1 is 1.09 bits per heavy atom. The topological polar surface area (TPSA) is 66.5 Å². The van der Waals surface area contributed by atoms with Crippen LogP contribution >= 0.6 is 19.5 Å². The second-order valence-corrected chi connectivity index (χ2v) is 9.28. The fourth-order valence-electron chi connectivity index (χ4n) is 3.07. The molecule has 0 aromatic heterocycles. The third-order valence-corrected chi connectivity index (χ3v) is 5.68. The Morgan fingerprint density at radius 3 is 2.61 bits per heavy atom. The molecule has 0 aliphatic heterocycles. The summed E-state index contributed by atoms with van der Waals surface area (Å²) in [5.74, 6) is 1.58. The summed E-state index contributed by atoms with van der Waals surface area (Å²) in [6, 6.07) is 15.8. The number of alkyl halides is 1. The number of halogens is 2. The molecule has 0 aliphatic rings. The van der Waals surface area contributed by atoms with Gasteiger partial charge in [0.15, 0.2) is 6.79 Å². The van der Waals surface area contributed by atoms with Gasteiger partial charge >= 0.3 is 7.91 Å². The third kappa shape index (κ3) is 10.9. The fraction of sp³-hybridized carbons (Fsp3) is 0.478. The Hall–Kier alpha value is -1.67. The minimum Gasteiger partial charge on any atom is -0.497 e. The highest BCUT2D eigenvalue weighted by molar-refractivity contribution is 7.48. The van der Waals surface area contributed by atoms with Crippen LogP contribution < -0.4 is 9.47 Å². The maximum Gasteiger partial charge on any atom is 0.515 e. The lowest BCUT2D eigenvalue weighted by Crippen LogP contribution is -2.34. The second-order valence-electron chi connectivity index (χ2n) is 7.52. The molecule has 2 atom stereocenters. The van der Waals surface area contributed by atoms with Crippen LogP contribution in [0.4, 0.5) is 4.20 Å². The fourth-order valence-corrected chi connectivity index (χ4v) is 3.83. The van der Waals surface area contributed by atoms with Crippen LogP contribution in [0.2, 0.25) is 0 Å². The average Bonchev–Trinajstić information content (AvgIpc) is 2.80. The van der Waals surface area contributed by atoms with E-state index in [9.17, 15) is 8.76 Å². The molecule has 0 saturated heterocycles. The lowest BCUT2D eigenvalue weighted by atomic mass is 10.0. The summed E-state index contributed by atoms with van der Waals surface area (Å²) < 4.78 is 51.2. The van der Waals surface area contributed by atoms with Crippen molar-refractivity contribution >= 4 is 19.5 Å². The molecule has 0 fully saturated rings. The summed E-state index contributed by atoms with van der Waals surface area (Å²) >= 11 is 5.41. The number of hydrogen-bond donors (Lipinski definition) is 0. The quantitative estimate of drug-likeness (QED) is 0.179. The highest BCUT2D eigenvalue weighted by atomic mass is 35.5. The smallest absolute Gasteiger partial charge is 0.497 e. The molecular weight excluding hydrogens is 472 g/mol. The van der Waals surface area contributed by atoms with E-state index < -0.39 is 20.8 Å². The number of methoxy groups -OCH3 is 1. The zero-order valence-corrected chi connectivity index (χ0v) is 20.9. The molecule has 0 N–H and O–H groups in total. The van der Waals surface area contributed by atoms with Crippen LogP contribution in [-0.4, -0.2) is 64.6 Å². The molecular formula is C23H32ClFNO6P. The predicted octanol–water partition coefficient (Wildman–Crippen LogP) is 5.11. The van der Waals surface area contributed by atoms with Gasteiger partial charge < -0.3 is 19.1 Å². The van der Waals surface area contributed by atoms with Crippen LogP contribution in [0, 0.1) is 0 Å². The van der Waals surface area contributed by atoms with Crippen molar-refractivity contribution in [2.24, 2.45) is 0 Å². The molecule has 0 aliphatic carbocycles. The summed E-state index contributed by atoms with van der Waals surface area (Å²) in [5.41, 5.74) is 2.23. The van der Waals surface area contributed by atoms with Crippen LogP contribution in [0.15, 0.2) is 48.5 Å². The van der Waals surface area contributed by atoms with Gasteiger partial charge in [-0.25, -0.2) is 4.57 Å². The van der Waals surface area contributed by atoms with Crippen molar-refractivity contribution in [1.29, 1.82) is 0 Å². The molecule has 0 heterocycles. The maximum absolute atomic E-state index is 13.7. The number of hydrogen-bond acceptors (Lipinski definition) is 7. The molecule has 2 aromatic rings. The SMILES string of the molecule is COc1cccc(CCc2ccccc2OC[C@@H](CN(C)C)OCO[P@](=O)(F)OCCCl)c1. The highest BCUT2D eigenvalue weighted by Gasteiger charge is 2.25. The molecule has 7 nitrogen and oxygen atoms in total. The lowest BCUT2D eigenvalue weighted by molar-refractivity contribution is -0.0683. The van der Waals surface area contributed by atoms with E-state index in [1.165, 1.54) is 5.56 Å². The van der Waals surface area contributed by atoms with E-state index in [0.717, 1.165) is 29.9 Å². The predicted molar refractivity (Wildman–Crippen MR) is 127 cm³/mol. The molecule has 10 heteroatoms. The van der Waals surface area contributed by atoms with E-state index in [2.05, 4.69) is 15.1 Å². The van der Waals surface area contributed by atoms with E-state index in [-0.39, 0.29) is 19.1 Å². The van der Waals surface area contributed by atoms with Crippen molar-refractivity contribution in [2.75, 3.05) is 53.6 Å². The van der Waals surface area contributed by atoms with Crippen molar-refractivity contribution in [1.82, 2.24) is 4.90 Å². The van der Waals surface area contributed by atoms with E-state index in [0.29, 0.717) is 6.54 Å². The Morgan fingerprint density at radius 2 is 1.88 bits per heavy atom. The first kappa shape index (κ1) is 27.6. The van der Waals surface area contributed by atoms with Gasteiger partial charge in [0.25, 0.3) is 0 Å². The lowest BCUT2D eigenvalue weighted by Gasteiger charge is -2.23. The highest BCUT2D eigenvalue weighted by Crippen LogP contribution is 2.49. The first-order valence-corrected chi connectivity index (χ1v) is 12.5. The average molecular weight is 504 g/mol. The number of aryl methyl sites for hydroxylation is 2. The summed E-state index contributed by atoms with van der Waals surface area (Å²) in [5, 5.41) is 0. The standard InChI is InChI=1S/C23H32ClFNO6P/c1-26(2)16-22(30-18-32-33(25,27)31-14-13-24)17-29-23-10-5-4-8-20(23)12-11-19-7-6-9-21(15-19)28-3/h4-10,15,22H,11-14,16-18H2,1-3H3/t22-,33+/m1/s1. The van der Waals surface area contributed by atoms with Crippen molar-refractivity contribution in [3.63, 3.8) is 0 Å². The van der Waals surface area contributed by atoms with Gasteiger partial charge in [-0.15, -0.1) is 15.8 Å². The number of ether oxygens (including phenoxy) is 3. The van der Waals surface area contributed by atoms with Crippen LogP contribution in [0.1, 0.15) is 11.1 Å². The van der Waals surface area contributed by atoms with Gasteiger partial charge in [-0.1, -0.05) is 30.3 Å². The Balaban J connectivity index is 1.93. The Labute approximate surface area is 200 Å². The summed E-state index contributed by atoms with van der Waals surface area (Å²) in [6.07, 6.45) is 1.17. The Kier molecular flexibility index (Phi) is 12.2. The summed E-state index contributed by atoms with van der Waals surface area (Å²) in [4.78, 5) is 1.90. The van der Waals surface area contributed by atoms with Gasteiger partial charge in [-0.2, -0.15) is 0 Å². The van der Waals surface area contributed by atoms with Crippen LogP contribution in [0.3, 0.4) is 0 Å².